The number of nitrogens with one attached hydrogen (secondary N) is 2. The number of halogens is 1. The van der Waals surface area contributed by atoms with Crippen LogP contribution in [-0.4, -0.2) is 19.0 Å². The van der Waals surface area contributed by atoms with E-state index >= 15 is 0 Å². The van der Waals surface area contributed by atoms with Crippen LogP contribution in [0.15, 0.2) is 24.3 Å². The lowest BCUT2D eigenvalue weighted by atomic mass is 9.98. The van der Waals surface area contributed by atoms with E-state index in [9.17, 15) is 9.18 Å². The summed E-state index contributed by atoms with van der Waals surface area (Å²) in [4.78, 5) is 12.0. The second kappa shape index (κ2) is 5.96. The summed E-state index contributed by atoms with van der Waals surface area (Å²) < 4.78 is 13.6. The zero-order valence-electron chi connectivity index (χ0n) is 10.6. The van der Waals surface area contributed by atoms with Crippen molar-refractivity contribution in [3.05, 3.63) is 35.6 Å². The number of carbonyl (C=O) groups excluding carboxylic acids is 1. The topological polar surface area (TPSA) is 41.1 Å². The molecule has 2 N–H and O–H groups in total. The molecule has 0 saturated carbocycles. The lowest BCUT2D eigenvalue weighted by Crippen LogP contribution is -2.41. The maximum absolute atomic E-state index is 13.6. The molecule has 98 valence electrons. The van der Waals surface area contributed by atoms with E-state index in [-0.39, 0.29) is 23.7 Å². The highest BCUT2D eigenvalue weighted by molar-refractivity contribution is 5.79. The average Bonchev–Trinajstić information content (AvgIpc) is 2.40. The monoisotopic (exact) mass is 250 g/mol. The van der Waals surface area contributed by atoms with Crippen LogP contribution < -0.4 is 10.6 Å². The zero-order chi connectivity index (χ0) is 13.0. The Morgan fingerprint density at radius 3 is 2.94 bits per heavy atom. The first-order chi connectivity index (χ1) is 8.68. The van der Waals surface area contributed by atoms with Crippen LogP contribution >= 0.6 is 0 Å². The number of carbonyl (C=O) groups is 1. The van der Waals surface area contributed by atoms with Crippen molar-refractivity contribution in [1.82, 2.24) is 10.6 Å². The SMILES string of the molecule is C[C@@H](NC(=O)[C@@H]1CCCNC1)c1ccccc1F. The highest BCUT2D eigenvalue weighted by Crippen LogP contribution is 2.18. The van der Waals surface area contributed by atoms with Gasteiger partial charge in [0.2, 0.25) is 5.91 Å². The van der Waals surface area contributed by atoms with Crippen LogP contribution in [-0.2, 0) is 4.79 Å². The van der Waals surface area contributed by atoms with Crippen molar-refractivity contribution < 1.29 is 9.18 Å². The van der Waals surface area contributed by atoms with Crippen LogP contribution in [0.1, 0.15) is 31.4 Å². The first kappa shape index (κ1) is 13.0. The molecule has 2 atom stereocenters. The van der Waals surface area contributed by atoms with Crippen LogP contribution in [0, 0.1) is 11.7 Å². The Morgan fingerprint density at radius 1 is 1.50 bits per heavy atom. The van der Waals surface area contributed by atoms with Gasteiger partial charge in [-0.25, -0.2) is 4.39 Å². The largest absolute Gasteiger partial charge is 0.349 e. The summed E-state index contributed by atoms with van der Waals surface area (Å²) in [6, 6.07) is 6.27. The lowest BCUT2D eigenvalue weighted by Gasteiger charge is -2.24. The predicted molar refractivity (Wildman–Crippen MR) is 68.6 cm³/mol. The molecule has 3 nitrogen and oxygen atoms in total. The quantitative estimate of drug-likeness (QED) is 0.861. The van der Waals surface area contributed by atoms with Gasteiger partial charge in [-0.05, 0) is 32.4 Å². The van der Waals surface area contributed by atoms with Crippen LogP contribution in [0.25, 0.3) is 0 Å². The summed E-state index contributed by atoms with van der Waals surface area (Å²) in [6.45, 7) is 3.51. The van der Waals surface area contributed by atoms with E-state index in [1.54, 1.807) is 18.2 Å². The maximum Gasteiger partial charge on any atom is 0.224 e. The van der Waals surface area contributed by atoms with E-state index in [4.69, 9.17) is 0 Å². The molecular formula is C14H19FN2O. The van der Waals surface area contributed by atoms with Gasteiger partial charge >= 0.3 is 0 Å². The Labute approximate surface area is 107 Å². The van der Waals surface area contributed by atoms with Crippen molar-refractivity contribution in [1.29, 1.82) is 0 Å². The van der Waals surface area contributed by atoms with Crippen molar-refractivity contribution >= 4 is 5.91 Å². The van der Waals surface area contributed by atoms with Gasteiger partial charge in [-0.15, -0.1) is 0 Å². The zero-order valence-corrected chi connectivity index (χ0v) is 10.6. The van der Waals surface area contributed by atoms with E-state index in [0.29, 0.717) is 5.56 Å². The van der Waals surface area contributed by atoms with Gasteiger partial charge in [-0.1, -0.05) is 18.2 Å². The molecule has 1 saturated heterocycles. The smallest absolute Gasteiger partial charge is 0.224 e. The van der Waals surface area contributed by atoms with Crippen LogP contribution in [0.3, 0.4) is 0 Å². The van der Waals surface area contributed by atoms with E-state index in [2.05, 4.69) is 10.6 Å². The standard InChI is InChI=1S/C14H19FN2O/c1-10(12-6-2-3-7-13(12)15)17-14(18)11-5-4-8-16-9-11/h2-3,6-7,10-11,16H,4-5,8-9H2,1H3,(H,17,18)/t10-,11-/m1/s1. The molecule has 0 aromatic heterocycles. The van der Waals surface area contributed by atoms with Crippen LogP contribution in [0.4, 0.5) is 4.39 Å². The molecular weight excluding hydrogens is 231 g/mol. The van der Waals surface area contributed by atoms with E-state index in [1.807, 2.05) is 6.92 Å². The third-order valence-corrected chi connectivity index (χ3v) is 3.40. The van der Waals surface area contributed by atoms with Crippen LogP contribution in [0.5, 0.6) is 0 Å². The number of rotatable bonds is 3. The molecule has 1 fully saturated rings. The molecule has 0 bridgehead atoms. The Bertz CT molecular complexity index is 416. The minimum absolute atomic E-state index is 0.00738. The lowest BCUT2D eigenvalue weighted by molar-refractivity contribution is -0.126. The van der Waals surface area contributed by atoms with Gasteiger partial charge in [0.25, 0.3) is 0 Å². The third-order valence-electron chi connectivity index (χ3n) is 3.40. The molecule has 0 spiro atoms. The second-order valence-corrected chi connectivity index (χ2v) is 4.80. The minimum Gasteiger partial charge on any atom is -0.349 e. The summed E-state index contributed by atoms with van der Waals surface area (Å²) in [5, 5.41) is 6.09. The van der Waals surface area contributed by atoms with Gasteiger partial charge in [0.1, 0.15) is 5.82 Å². The van der Waals surface area contributed by atoms with E-state index < -0.39 is 0 Å². The Balaban J connectivity index is 1.96. The molecule has 1 amide bonds. The summed E-state index contributed by atoms with van der Waals surface area (Å²) >= 11 is 0. The van der Waals surface area contributed by atoms with Crippen molar-refractivity contribution in [3.63, 3.8) is 0 Å². The average molecular weight is 250 g/mol. The Hall–Kier alpha value is -1.42. The van der Waals surface area contributed by atoms with Gasteiger partial charge in [-0.3, -0.25) is 4.79 Å². The first-order valence-corrected chi connectivity index (χ1v) is 6.44. The summed E-state index contributed by atoms with van der Waals surface area (Å²) in [6.07, 6.45) is 1.93. The van der Waals surface area contributed by atoms with Crippen molar-refractivity contribution in [2.45, 2.75) is 25.8 Å². The van der Waals surface area contributed by atoms with Crippen molar-refractivity contribution in [2.75, 3.05) is 13.1 Å². The fourth-order valence-electron chi connectivity index (χ4n) is 2.31. The molecule has 0 aliphatic carbocycles. The Kier molecular flexibility index (Phi) is 4.31. The fraction of sp³-hybridized carbons (Fsp3) is 0.500. The van der Waals surface area contributed by atoms with Gasteiger partial charge in [-0.2, -0.15) is 0 Å². The molecule has 4 heteroatoms. The molecule has 1 aliphatic heterocycles. The molecule has 1 heterocycles. The number of benzene rings is 1. The number of amides is 1. The number of piperidine rings is 1. The molecule has 1 aromatic carbocycles. The van der Waals surface area contributed by atoms with Gasteiger partial charge in [0.05, 0.1) is 12.0 Å². The van der Waals surface area contributed by atoms with Crippen molar-refractivity contribution in [3.8, 4) is 0 Å². The minimum atomic E-state index is -0.291. The summed E-state index contributed by atoms with van der Waals surface area (Å²) in [5.74, 6) is -0.252. The third kappa shape index (κ3) is 3.07. The highest BCUT2D eigenvalue weighted by Gasteiger charge is 2.23. The second-order valence-electron chi connectivity index (χ2n) is 4.80. The molecule has 1 aliphatic rings. The first-order valence-electron chi connectivity index (χ1n) is 6.44. The van der Waals surface area contributed by atoms with Gasteiger partial charge in [0.15, 0.2) is 0 Å². The number of hydrogen-bond donors (Lipinski definition) is 2. The number of hydrogen-bond acceptors (Lipinski definition) is 2. The molecule has 1 aromatic rings. The van der Waals surface area contributed by atoms with Crippen molar-refractivity contribution in [2.24, 2.45) is 5.92 Å². The molecule has 0 unspecified atom stereocenters. The highest BCUT2D eigenvalue weighted by atomic mass is 19.1. The summed E-state index contributed by atoms with van der Waals surface area (Å²) in [5.41, 5.74) is 0.537. The molecule has 2 rings (SSSR count). The van der Waals surface area contributed by atoms with E-state index in [1.165, 1.54) is 6.07 Å². The van der Waals surface area contributed by atoms with E-state index in [0.717, 1.165) is 25.9 Å². The summed E-state index contributed by atoms with van der Waals surface area (Å²) in [7, 11) is 0. The Morgan fingerprint density at radius 2 is 2.28 bits per heavy atom. The molecule has 0 radical (unpaired) electrons. The maximum atomic E-state index is 13.6. The van der Waals surface area contributed by atoms with Crippen LogP contribution in [0.2, 0.25) is 0 Å². The predicted octanol–water partition coefficient (Wildman–Crippen LogP) is 2.00. The van der Waals surface area contributed by atoms with Gasteiger partial charge < -0.3 is 10.6 Å². The van der Waals surface area contributed by atoms with Gasteiger partial charge in [0, 0.05) is 12.1 Å². The molecule has 18 heavy (non-hydrogen) atoms. The normalized spacial score (nSPS) is 21.3. The fourth-order valence-corrected chi connectivity index (χ4v) is 2.31.